The Morgan fingerprint density at radius 3 is 2.50 bits per heavy atom. The fourth-order valence-electron chi connectivity index (χ4n) is 0.809. The van der Waals surface area contributed by atoms with Crippen LogP contribution in [0.3, 0.4) is 0 Å². The molecule has 1 aliphatic heterocycles. The molecule has 1 saturated heterocycles. The van der Waals surface area contributed by atoms with Crippen molar-refractivity contribution in [2.75, 3.05) is 0 Å². The molecule has 1 atom stereocenters. The molecule has 0 aromatic heterocycles. The normalized spacial score (nSPS) is 25.7. The third kappa shape index (κ3) is 1.49. The highest BCUT2D eigenvalue weighted by atomic mass is 32.2. The number of carbonyl (C=O) groups is 1. The first-order valence-corrected chi connectivity index (χ1v) is 4.36. The lowest BCUT2D eigenvalue weighted by Gasteiger charge is -2.10. The molecule has 0 aliphatic carbocycles. The van der Waals surface area contributed by atoms with E-state index in [9.17, 15) is 4.79 Å². The average molecular weight is 175 g/mol. The van der Waals surface area contributed by atoms with Gasteiger partial charge < -0.3 is 5.32 Å². The van der Waals surface area contributed by atoms with Crippen molar-refractivity contribution in [3.63, 3.8) is 0 Å². The summed E-state index contributed by atoms with van der Waals surface area (Å²) in [5.74, 6) is 0.334. The highest BCUT2D eigenvalue weighted by Gasteiger charge is 2.30. The molecule has 0 radical (unpaired) electrons. The standard InChI is InChI=1S/C6H9NOS2/c1-3(2)4-5(8)10-6(9)7-4/h3-4H,1-2H3,(H,7,9)/t4-/m0/s1. The highest BCUT2D eigenvalue weighted by Crippen LogP contribution is 2.20. The lowest BCUT2D eigenvalue weighted by molar-refractivity contribution is -0.112. The van der Waals surface area contributed by atoms with Crippen LogP contribution in [-0.4, -0.2) is 15.5 Å². The Labute approximate surface area is 69.8 Å². The molecule has 10 heavy (non-hydrogen) atoms. The van der Waals surface area contributed by atoms with Gasteiger partial charge in [-0.1, -0.05) is 26.1 Å². The number of nitrogens with one attached hydrogen (secondary N) is 1. The number of carbonyl (C=O) groups excluding carboxylic acids is 1. The summed E-state index contributed by atoms with van der Waals surface area (Å²) in [4.78, 5) is 11.0. The fourth-order valence-corrected chi connectivity index (χ4v) is 2.01. The first-order chi connectivity index (χ1) is 4.61. The van der Waals surface area contributed by atoms with Gasteiger partial charge in [-0.3, -0.25) is 4.79 Å². The van der Waals surface area contributed by atoms with Crippen LogP contribution in [0.1, 0.15) is 13.8 Å². The quantitative estimate of drug-likeness (QED) is 0.605. The molecule has 0 aromatic carbocycles. The van der Waals surface area contributed by atoms with Crippen molar-refractivity contribution in [2.45, 2.75) is 19.9 Å². The van der Waals surface area contributed by atoms with Crippen LogP contribution in [0.4, 0.5) is 0 Å². The van der Waals surface area contributed by atoms with Crippen LogP contribution in [0.25, 0.3) is 0 Å². The van der Waals surface area contributed by atoms with Gasteiger partial charge in [0.15, 0.2) is 0 Å². The molecule has 0 amide bonds. The van der Waals surface area contributed by atoms with E-state index in [1.54, 1.807) is 0 Å². The van der Waals surface area contributed by atoms with Crippen LogP contribution >= 0.6 is 24.0 Å². The van der Waals surface area contributed by atoms with Crippen LogP contribution in [-0.2, 0) is 4.79 Å². The highest BCUT2D eigenvalue weighted by molar-refractivity contribution is 8.33. The summed E-state index contributed by atoms with van der Waals surface area (Å²) < 4.78 is 0.615. The zero-order valence-electron chi connectivity index (χ0n) is 5.88. The SMILES string of the molecule is CC(C)[C@@H]1NC(=S)SC1=O. The van der Waals surface area contributed by atoms with Gasteiger partial charge in [0, 0.05) is 0 Å². The Morgan fingerprint density at radius 1 is 1.70 bits per heavy atom. The van der Waals surface area contributed by atoms with E-state index >= 15 is 0 Å². The Hall–Kier alpha value is -0.0900. The summed E-state index contributed by atoms with van der Waals surface area (Å²) in [5.41, 5.74) is 0. The van der Waals surface area contributed by atoms with E-state index in [1.165, 1.54) is 0 Å². The van der Waals surface area contributed by atoms with Gasteiger partial charge in [0.05, 0.1) is 6.04 Å². The summed E-state index contributed by atoms with van der Waals surface area (Å²) in [6, 6.07) is -0.0579. The van der Waals surface area contributed by atoms with Gasteiger partial charge in [-0.2, -0.15) is 0 Å². The zero-order chi connectivity index (χ0) is 7.72. The summed E-state index contributed by atoms with van der Waals surface area (Å²) in [7, 11) is 0. The fraction of sp³-hybridized carbons (Fsp3) is 0.667. The largest absolute Gasteiger partial charge is 0.360 e. The predicted molar refractivity (Wildman–Crippen MR) is 47.0 cm³/mol. The van der Waals surface area contributed by atoms with Crippen LogP contribution in [0.2, 0.25) is 0 Å². The minimum Gasteiger partial charge on any atom is -0.360 e. The lowest BCUT2D eigenvalue weighted by atomic mass is 10.1. The Balaban J connectivity index is 2.63. The van der Waals surface area contributed by atoms with E-state index in [4.69, 9.17) is 12.2 Å². The van der Waals surface area contributed by atoms with Crippen molar-refractivity contribution >= 4 is 33.4 Å². The second kappa shape index (κ2) is 2.88. The molecule has 2 nitrogen and oxygen atoms in total. The van der Waals surface area contributed by atoms with Crippen molar-refractivity contribution in [3.05, 3.63) is 0 Å². The summed E-state index contributed by atoms with van der Waals surface area (Å²) >= 11 is 5.96. The van der Waals surface area contributed by atoms with E-state index in [1.807, 2.05) is 13.8 Å². The second-order valence-electron chi connectivity index (χ2n) is 2.57. The zero-order valence-corrected chi connectivity index (χ0v) is 7.51. The summed E-state index contributed by atoms with van der Waals surface area (Å²) in [5, 5.41) is 3.10. The van der Waals surface area contributed by atoms with Gasteiger partial charge in [0.2, 0.25) is 5.12 Å². The predicted octanol–water partition coefficient (Wildman–Crippen LogP) is 1.16. The molecule has 1 heterocycles. The van der Waals surface area contributed by atoms with Gasteiger partial charge in [-0.05, 0) is 17.7 Å². The van der Waals surface area contributed by atoms with Gasteiger partial charge >= 0.3 is 0 Å². The Kier molecular flexibility index (Phi) is 2.31. The number of hydrogen-bond acceptors (Lipinski definition) is 3. The number of thioether (sulfide) groups is 1. The van der Waals surface area contributed by atoms with E-state index in [-0.39, 0.29) is 11.2 Å². The van der Waals surface area contributed by atoms with E-state index in [2.05, 4.69) is 5.32 Å². The summed E-state index contributed by atoms with van der Waals surface area (Å²) in [6.07, 6.45) is 0. The first-order valence-electron chi connectivity index (χ1n) is 3.13. The second-order valence-corrected chi connectivity index (χ2v) is 4.26. The molecular weight excluding hydrogens is 166 g/mol. The molecule has 0 saturated carbocycles. The maximum atomic E-state index is 11.0. The Morgan fingerprint density at radius 2 is 2.30 bits per heavy atom. The van der Waals surface area contributed by atoms with Gasteiger partial charge in [-0.15, -0.1) is 0 Å². The molecule has 4 heteroatoms. The van der Waals surface area contributed by atoms with Gasteiger partial charge in [-0.25, -0.2) is 0 Å². The molecular formula is C6H9NOS2. The molecule has 56 valence electrons. The third-order valence-corrected chi connectivity index (χ3v) is 2.51. The molecule has 0 bridgehead atoms. The van der Waals surface area contributed by atoms with Crippen LogP contribution < -0.4 is 5.32 Å². The molecule has 0 spiro atoms. The number of hydrogen-bond donors (Lipinski definition) is 1. The lowest BCUT2D eigenvalue weighted by Crippen LogP contribution is -2.33. The Bertz CT molecular complexity index is 179. The number of rotatable bonds is 1. The van der Waals surface area contributed by atoms with Crippen molar-refractivity contribution < 1.29 is 4.79 Å². The summed E-state index contributed by atoms with van der Waals surface area (Å²) in [6.45, 7) is 4.01. The van der Waals surface area contributed by atoms with Gasteiger partial charge in [0.1, 0.15) is 4.32 Å². The van der Waals surface area contributed by atoms with Crippen LogP contribution in [0.5, 0.6) is 0 Å². The van der Waals surface area contributed by atoms with Crippen LogP contribution in [0, 0.1) is 5.92 Å². The monoisotopic (exact) mass is 175 g/mol. The molecule has 0 unspecified atom stereocenters. The number of thiocarbonyl (C=S) groups is 1. The average Bonchev–Trinajstić information content (AvgIpc) is 2.10. The maximum absolute atomic E-state index is 11.0. The first kappa shape index (κ1) is 8.01. The minimum absolute atomic E-state index is 0.0579. The van der Waals surface area contributed by atoms with Gasteiger partial charge in [0.25, 0.3) is 0 Å². The van der Waals surface area contributed by atoms with E-state index in [0.29, 0.717) is 10.2 Å². The smallest absolute Gasteiger partial charge is 0.218 e. The van der Waals surface area contributed by atoms with Crippen LogP contribution in [0.15, 0.2) is 0 Å². The van der Waals surface area contributed by atoms with Crippen molar-refractivity contribution in [2.24, 2.45) is 5.92 Å². The molecule has 1 rings (SSSR count). The van der Waals surface area contributed by atoms with E-state index in [0.717, 1.165) is 11.8 Å². The van der Waals surface area contributed by atoms with Crippen molar-refractivity contribution in [3.8, 4) is 0 Å². The van der Waals surface area contributed by atoms with Crippen molar-refractivity contribution in [1.29, 1.82) is 0 Å². The van der Waals surface area contributed by atoms with E-state index < -0.39 is 0 Å². The topological polar surface area (TPSA) is 29.1 Å². The maximum Gasteiger partial charge on any atom is 0.218 e. The third-order valence-electron chi connectivity index (χ3n) is 1.39. The van der Waals surface area contributed by atoms with Crippen molar-refractivity contribution in [1.82, 2.24) is 5.32 Å². The molecule has 1 aliphatic rings. The minimum atomic E-state index is -0.0579. The molecule has 0 aromatic rings. The molecule has 1 fully saturated rings. The molecule has 1 N–H and O–H groups in total.